The van der Waals surface area contributed by atoms with Gasteiger partial charge in [-0.25, -0.2) is 4.79 Å². The average molecular weight is 463 g/mol. The van der Waals surface area contributed by atoms with Gasteiger partial charge in [-0.1, -0.05) is 34.1 Å². The first-order valence-corrected chi connectivity index (χ1v) is 11.8. The second-order valence-electron chi connectivity index (χ2n) is 8.05. The van der Waals surface area contributed by atoms with Gasteiger partial charge in [-0.15, -0.1) is 0 Å². The van der Waals surface area contributed by atoms with Gasteiger partial charge in [0, 0.05) is 0 Å². The summed E-state index contributed by atoms with van der Waals surface area (Å²) in [6, 6.07) is -4.30. The number of nitrogens with one attached hydrogen (secondary N) is 3. The fourth-order valence-corrected chi connectivity index (χ4v) is 3.17. The Morgan fingerprint density at radius 2 is 1.45 bits per heavy atom. The molecule has 0 bridgehead atoms. The number of carboxylic acids is 1. The summed E-state index contributed by atoms with van der Waals surface area (Å²) in [4.78, 5) is 49.2. The molecule has 0 aromatic heterocycles. The van der Waals surface area contributed by atoms with Crippen molar-refractivity contribution in [2.75, 3.05) is 12.0 Å². The van der Waals surface area contributed by atoms with Gasteiger partial charge in [0.15, 0.2) is 0 Å². The molecule has 180 valence electrons. The van der Waals surface area contributed by atoms with Crippen LogP contribution in [0.1, 0.15) is 47.5 Å². The first kappa shape index (κ1) is 29.1. The molecule has 0 saturated heterocycles. The zero-order chi connectivity index (χ0) is 24.3. The van der Waals surface area contributed by atoms with Crippen molar-refractivity contribution < 1.29 is 29.4 Å². The topological polar surface area (TPSA) is 171 Å². The summed E-state index contributed by atoms with van der Waals surface area (Å²) < 4.78 is 0. The van der Waals surface area contributed by atoms with Crippen LogP contribution >= 0.6 is 11.8 Å². The third-order valence-electron chi connectivity index (χ3n) is 5.09. The van der Waals surface area contributed by atoms with Crippen molar-refractivity contribution in [3.63, 3.8) is 0 Å². The van der Waals surface area contributed by atoms with Gasteiger partial charge in [0.2, 0.25) is 17.7 Å². The maximum atomic E-state index is 12.8. The molecule has 0 heterocycles. The first-order chi connectivity index (χ1) is 14.4. The standard InChI is InChI=1S/C20H38N4O6S/c1-7-11(4)14(21)17(26)23-15(10(2)3)18(27)24-16(12(5)25)19(28)22-13(20(29)30)8-9-31-6/h10-16,25H,7-9,21H2,1-6H3,(H,22,28)(H,23,26)(H,24,27)(H,29,30). The SMILES string of the molecule is CCC(C)C(N)C(=O)NC(C(=O)NC(C(=O)NC(CCSC)C(=O)O)C(C)O)C(C)C. The van der Waals surface area contributed by atoms with Gasteiger partial charge >= 0.3 is 5.97 Å². The van der Waals surface area contributed by atoms with Crippen LogP contribution in [-0.2, 0) is 19.2 Å². The molecule has 0 fully saturated rings. The van der Waals surface area contributed by atoms with Crippen LogP contribution in [0.5, 0.6) is 0 Å². The van der Waals surface area contributed by atoms with Crippen LogP contribution in [0.2, 0.25) is 0 Å². The van der Waals surface area contributed by atoms with Crippen LogP contribution in [0, 0.1) is 11.8 Å². The molecular formula is C20H38N4O6S. The molecule has 0 aliphatic carbocycles. The van der Waals surface area contributed by atoms with E-state index >= 15 is 0 Å². The number of carboxylic acid groups (broad SMARTS) is 1. The maximum Gasteiger partial charge on any atom is 0.326 e. The lowest BCUT2D eigenvalue weighted by molar-refractivity contribution is -0.143. The fourth-order valence-electron chi connectivity index (χ4n) is 2.70. The molecule has 10 nitrogen and oxygen atoms in total. The number of rotatable bonds is 14. The lowest BCUT2D eigenvalue weighted by Gasteiger charge is -2.28. The van der Waals surface area contributed by atoms with Crippen molar-refractivity contribution >= 4 is 35.5 Å². The second kappa shape index (κ2) is 14.3. The summed E-state index contributed by atoms with van der Waals surface area (Å²) in [6.45, 7) is 8.49. The number of carbonyl (C=O) groups excluding carboxylic acids is 3. The monoisotopic (exact) mass is 462 g/mol. The number of aliphatic hydroxyl groups excluding tert-OH is 1. The minimum atomic E-state index is -1.38. The Morgan fingerprint density at radius 3 is 1.87 bits per heavy atom. The normalized spacial score (nSPS) is 17.1. The van der Waals surface area contributed by atoms with Crippen LogP contribution in [0.25, 0.3) is 0 Å². The number of hydrogen-bond donors (Lipinski definition) is 6. The largest absolute Gasteiger partial charge is 0.480 e. The van der Waals surface area contributed by atoms with Crippen molar-refractivity contribution in [1.29, 1.82) is 0 Å². The molecule has 6 unspecified atom stereocenters. The van der Waals surface area contributed by atoms with Gasteiger partial charge in [-0.3, -0.25) is 14.4 Å². The van der Waals surface area contributed by atoms with Crippen molar-refractivity contribution in [3.05, 3.63) is 0 Å². The molecule has 3 amide bonds. The molecule has 0 aromatic rings. The van der Waals surface area contributed by atoms with Gasteiger partial charge < -0.3 is 31.9 Å². The van der Waals surface area contributed by atoms with E-state index in [9.17, 15) is 29.4 Å². The van der Waals surface area contributed by atoms with E-state index in [1.807, 2.05) is 20.1 Å². The molecule has 11 heteroatoms. The Balaban J connectivity index is 5.34. The summed E-state index contributed by atoms with van der Waals surface area (Å²) in [5.74, 6) is -3.06. The number of thioether (sulfide) groups is 1. The molecule has 0 radical (unpaired) electrons. The summed E-state index contributed by atoms with van der Waals surface area (Å²) in [7, 11) is 0. The Hall–Kier alpha value is -1.85. The zero-order valence-corrected chi connectivity index (χ0v) is 20.0. The summed E-state index contributed by atoms with van der Waals surface area (Å²) in [6.07, 6.45) is 1.41. The van der Waals surface area contributed by atoms with Crippen molar-refractivity contribution in [3.8, 4) is 0 Å². The predicted molar refractivity (Wildman–Crippen MR) is 120 cm³/mol. The Kier molecular flexibility index (Phi) is 13.4. The van der Waals surface area contributed by atoms with Gasteiger partial charge in [0.25, 0.3) is 0 Å². The van der Waals surface area contributed by atoms with Gasteiger partial charge in [-0.05, 0) is 37.2 Å². The number of hydrogen-bond acceptors (Lipinski definition) is 7. The van der Waals surface area contributed by atoms with Crippen LogP contribution < -0.4 is 21.7 Å². The Labute approximate surface area is 188 Å². The fraction of sp³-hybridized carbons (Fsp3) is 0.800. The van der Waals surface area contributed by atoms with Crippen LogP contribution in [0.4, 0.5) is 0 Å². The van der Waals surface area contributed by atoms with E-state index in [2.05, 4.69) is 16.0 Å². The third kappa shape index (κ3) is 9.88. The highest BCUT2D eigenvalue weighted by molar-refractivity contribution is 7.98. The Morgan fingerprint density at radius 1 is 0.935 bits per heavy atom. The molecule has 0 aliphatic rings. The number of nitrogens with two attached hydrogens (primary N) is 1. The highest BCUT2D eigenvalue weighted by Gasteiger charge is 2.34. The quantitative estimate of drug-likeness (QED) is 0.204. The van der Waals surface area contributed by atoms with Crippen LogP contribution in [-0.4, -0.2) is 76.2 Å². The Bertz CT molecular complexity index is 616. The first-order valence-electron chi connectivity index (χ1n) is 10.4. The van der Waals surface area contributed by atoms with Gasteiger partial charge in [-0.2, -0.15) is 11.8 Å². The highest BCUT2D eigenvalue weighted by Crippen LogP contribution is 2.09. The van der Waals surface area contributed by atoms with Crippen molar-refractivity contribution in [2.45, 2.75) is 77.7 Å². The van der Waals surface area contributed by atoms with Crippen LogP contribution in [0.15, 0.2) is 0 Å². The van der Waals surface area contributed by atoms with Gasteiger partial charge in [0.1, 0.15) is 18.1 Å². The molecule has 31 heavy (non-hydrogen) atoms. The lowest BCUT2D eigenvalue weighted by Crippen LogP contribution is -2.61. The molecule has 6 atom stereocenters. The number of aliphatic hydroxyl groups is 1. The number of amides is 3. The van der Waals surface area contributed by atoms with Gasteiger partial charge in [0.05, 0.1) is 12.1 Å². The minimum Gasteiger partial charge on any atom is -0.480 e. The molecule has 7 N–H and O–H groups in total. The van der Waals surface area contributed by atoms with Crippen LogP contribution in [0.3, 0.4) is 0 Å². The average Bonchev–Trinajstić information content (AvgIpc) is 2.70. The molecule has 0 aromatic carbocycles. The zero-order valence-electron chi connectivity index (χ0n) is 19.2. The summed E-state index contributed by atoms with van der Waals surface area (Å²) in [5.41, 5.74) is 5.94. The van der Waals surface area contributed by atoms with E-state index < -0.39 is 54.0 Å². The second-order valence-corrected chi connectivity index (χ2v) is 9.03. The molecule has 0 aliphatic heterocycles. The van der Waals surface area contributed by atoms with E-state index in [1.165, 1.54) is 18.7 Å². The maximum absolute atomic E-state index is 12.8. The van der Waals surface area contributed by atoms with Crippen molar-refractivity contribution in [2.24, 2.45) is 17.6 Å². The summed E-state index contributed by atoms with van der Waals surface area (Å²) >= 11 is 1.43. The predicted octanol–water partition coefficient (Wildman–Crippen LogP) is -0.311. The molecular weight excluding hydrogens is 424 g/mol. The lowest BCUT2D eigenvalue weighted by atomic mass is 9.97. The van der Waals surface area contributed by atoms with Crippen molar-refractivity contribution in [1.82, 2.24) is 16.0 Å². The number of carbonyl (C=O) groups is 4. The van der Waals surface area contributed by atoms with E-state index in [-0.39, 0.29) is 18.3 Å². The van der Waals surface area contributed by atoms with E-state index in [4.69, 9.17) is 5.73 Å². The third-order valence-corrected chi connectivity index (χ3v) is 5.74. The number of aliphatic carboxylic acids is 1. The smallest absolute Gasteiger partial charge is 0.326 e. The minimum absolute atomic E-state index is 0.0823. The molecule has 0 rings (SSSR count). The summed E-state index contributed by atoms with van der Waals surface area (Å²) in [5, 5.41) is 26.7. The van der Waals surface area contributed by atoms with E-state index in [0.29, 0.717) is 12.2 Å². The molecule has 0 saturated carbocycles. The highest BCUT2D eigenvalue weighted by atomic mass is 32.2. The van der Waals surface area contributed by atoms with E-state index in [0.717, 1.165) is 0 Å². The van der Waals surface area contributed by atoms with E-state index in [1.54, 1.807) is 13.8 Å². The molecule has 0 spiro atoms.